The molecule has 4 nitrogen and oxygen atoms in total. The van der Waals surface area contributed by atoms with Gasteiger partial charge in [-0.05, 0) is 49.2 Å². The van der Waals surface area contributed by atoms with Gasteiger partial charge in [-0.25, -0.2) is 4.98 Å². The van der Waals surface area contributed by atoms with E-state index in [9.17, 15) is 5.11 Å². The summed E-state index contributed by atoms with van der Waals surface area (Å²) in [5.74, 6) is 2.53. The average molecular weight is 323 g/mol. The van der Waals surface area contributed by atoms with Crippen LogP contribution in [-0.4, -0.2) is 16.7 Å². The largest absolute Gasteiger partial charge is 0.508 e. The van der Waals surface area contributed by atoms with Gasteiger partial charge >= 0.3 is 0 Å². The van der Waals surface area contributed by atoms with E-state index in [2.05, 4.69) is 4.98 Å². The fraction of sp³-hybridized carbons (Fsp3) is 0.250. The molecule has 3 rings (SSSR count). The number of ether oxygens (including phenoxy) is 1. The molecule has 0 amide bonds. The number of aromatic hydroxyl groups is 1. The first-order valence-corrected chi connectivity index (χ1v) is 8.13. The minimum Gasteiger partial charge on any atom is -0.508 e. The molecule has 0 atom stereocenters. The van der Waals surface area contributed by atoms with E-state index in [0.717, 1.165) is 34.8 Å². The van der Waals surface area contributed by atoms with Crippen LogP contribution in [0.1, 0.15) is 23.9 Å². The number of oxazole rings is 1. The maximum Gasteiger partial charge on any atom is 0.226 e. The highest BCUT2D eigenvalue weighted by Crippen LogP contribution is 2.25. The van der Waals surface area contributed by atoms with Crippen LogP contribution in [0.3, 0.4) is 0 Å². The smallest absolute Gasteiger partial charge is 0.226 e. The molecule has 0 spiro atoms. The first kappa shape index (κ1) is 16.1. The Morgan fingerprint density at radius 1 is 1.12 bits per heavy atom. The third kappa shape index (κ3) is 3.59. The van der Waals surface area contributed by atoms with Crippen LogP contribution in [-0.2, 0) is 12.8 Å². The number of phenols is 1. The summed E-state index contributed by atoms with van der Waals surface area (Å²) >= 11 is 0. The second-order valence-electron chi connectivity index (χ2n) is 5.63. The Hall–Kier alpha value is -2.75. The van der Waals surface area contributed by atoms with E-state index in [0.29, 0.717) is 18.9 Å². The SMILES string of the molecule is CCc1cc(O)ccc1OCCc1nc(-c2ccccc2)oc1C. The van der Waals surface area contributed by atoms with Gasteiger partial charge in [-0.15, -0.1) is 0 Å². The molecule has 0 bridgehead atoms. The van der Waals surface area contributed by atoms with Crippen molar-refractivity contribution in [2.75, 3.05) is 6.61 Å². The zero-order valence-electron chi connectivity index (χ0n) is 14.0. The number of aromatic nitrogens is 1. The highest BCUT2D eigenvalue weighted by molar-refractivity contribution is 5.53. The molecule has 3 aromatic rings. The van der Waals surface area contributed by atoms with E-state index in [1.807, 2.05) is 44.2 Å². The van der Waals surface area contributed by atoms with Crippen LogP contribution < -0.4 is 4.74 Å². The van der Waals surface area contributed by atoms with E-state index < -0.39 is 0 Å². The lowest BCUT2D eigenvalue weighted by molar-refractivity contribution is 0.316. The van der Waals surface area contributed by atoms with Crippen molar-refractivity contribution in [1.29, 1.82) is 0 Å². The van der Waals surface area contributed by atoms with Gasteiger partial charge in [0.2, 0.25) is 5.89 Å². The van der Waals surface area contributed by atoms with Gasteiger partial charge in [0, 0.05) is 12.0 Å². The zero-order valence-corrected chi connectivity index (χ0v) is 14.0. The molecule has 0 radical (unpaired) electrons. The van der Waals surface area contributed by atoms with Crippen molar-refractivity contribution in [3.8, 4) is 23.0 Å². The summed E-state index contributed by atoms with van der Waals surface area (Å²) in [6, 6.07) is 15.1. The molecule has 0 saturated carbocycles. The Kier molecular flexibility index (Phi) is 4.85. The molecular weight excluding hydrogens is 302 g/mol. The summed E-state index contributed by atoms with van der Waals surface area (Å²) in [5.41, 5.74) is 2.88. The molecule has 2 aromatic carbocycles. The number of benzene rings is 2. The minimum atomic E-state index is 0.263. The number of aryl methyl sites for hydroxylation is 2. The third-order valence-corrected chi connectivity index (χ3v) is 3.93. The van der Waals surface area contributed by atoms with Gasteiger partial charge in [-0.3, -0.25) is 0 Å². The molecule has 1 heterocycles. The van der Waals surface area contributed by atoms with E-state index >= 15 is 0 Å². The second-order valence-corrected chi connectivity index (χ2v) is 5.63. The van der Waals surface area contributed by atoms with Gasteiger partial charge < -0.3 is 14.3 Å². The molecule has 0 fully saturated rings. The van der Waals surface area contributed by atoms with Crippen LogP contribution in [0.25, 0.3) is 11.5 Å². The Morgan fingerprint density at radius 2 is 1.92 bits per heavy atom. The van der Waals surface area contributed by atoms with E-state index in [4.69, 9.17) is 9.15 Å². The van der Waals surface area contributed by atoms with Crippen molar-refractivity contribution in [2.45, 2.75) is 26.7 Å². The van der Waals surface area contributed by atoms with Gasteiger partial charge in [0.25, 0.3) is 0 Å². The number of hydrogen-bond donors (Lipinski definition) is 1. The predicted octanol–water partition coefficient (Wildman–Crippen LogP) is 4.54. The Bertz CT molecular complexity index is 809. The van der Waals surface area contributed by atoms with Crippen molar-refractivity contribution in [3.63, 3.8) is 0 Å². The van der Waals surface area contributed by atoms with Gasteiger partial charge in [-0.1, -0.05) is 25.1 Å². The Balaban J connectivity index is 1.66. The Morgan fingerprint density at radius 3 is 2.67 bits per heavy atom. The van der Waals surface area contributed by atoms with Crippen LogP contribution in [0.2, 0.25) is 0 Å². The number of nitrogens with zero attached hydrogens (tertiary/aromatic N) is 1. The van der Waals surface area contributed by atoms with Gasteiger partial charge in [0.1, 0.15) is 17.3 Å². The monoisotopic (exact) mass is 323 g/mol. The standard InChI is InChI=1S/C20H21NO3/c1-3-15-13-17(22)9-10-19(15)23-12-11-18-14(2)24-20(21-18)16-7-5-4-6-8-16/h4-10,13,22H,3,11-12H2,1-2H3. The van der Waals surface area contributed by atoms with Crippen molar-refractivity contribution in [2.24, 2.45) is 0 Å². The van der Waals surface area contributed by atoms with Crippen LogP contribution in [0.15, 0.2) is 52.9 Å². The fourth-order valence-corrected chi connectivity index (χ4v) is 2.60. The molecule has 0 aliphatic carbocycles. The van der Waals surface area contributed by atoms with Crippen molar-refractivity contribution in [3.05, 3.63) is 65.5 Å². The summed E-state index contributed by atoms with van der Waals surface area (Å²) in [7, 11) is 0. The topological polar surface area (TPSA) is 55.5 Å². The summed E-state index contributed by atoms with van der Waals surface area (Å²) < 4.78 is 11.6. The van der Waals surface area contributed by atoms with Gasteiger partial charge in [0.15, 0.2) is 0 Å². The lowest BCUT2D eigenvalue weighted by Gasteiger charge is -2.10. The van der Waals surface area contributed by atoms with Crippen LogP contribution in [0, 0.1) is 6.92 Å². The molecule has 1 aromatic heterocycles. The first-order chi connectivity index (χ1) is 11.7. The molecule has 0 aliphatic rings. The van der Waals surface area contributed by atoms with Gasteiger partial charge in [0.05, 0.1) is 12.3 Å². The highest BCUT2D eigenvalue weighted by atomic mass is 16.5. The summed E-state index contributed by atoms with van der Waals surface area (Å²) in [4.78, 5) is 4.58. The number of phenolic OH excluding ortho intramolecular Hbond substituents is 1. The second kappa shape index (κ2) is 7.21. The molecule has 124 valence electrons. The van der Waals surface area contributed by atoms with E-state index in [1.165, 1.54) is 0 Å². The molecule has 1 N–H and O–H groups in total. The lowest BCUT2D eigenvalue weighted by Crippen LogP contribution is -2.04. The predicted molar refractivity (Wildman–Crippen MR) is 93.4 cm³/mol. The molecular formula is C20H21NO3. The van der Waals surface area contributed by atoms with Crippen LogP contribution >= 0.6 is 0 Å². The molecule has 4 heteroatoms. The Labute approximate surface area is 141 Å². The summed E-state index contributed by atoms with van der Waals surface area (Å²) in [5, 5.41) is 9.54. The van der Waals surface area contributed by atoms with E-state index in [-0.39, 0.29) is 5.75 Å². The van der Waals surface area contributed by atoms with Crippen LogP contribution in [0.4, 0.5) is 0 Å². The lowest BCUT2D eigenvalue weighted by atomic mass is 10.1. The number of hydrogen-bond acceptors (Lipinski definition) is 4. The quantitative estimate of drug-likeness (QED) is 0.723. The van der Waals surface area contributed by atoms with Crippen LogP contribution in [0.5, 0.6) is 11.5 Å². The summed E-state index contributed by atoms with van der Waals surface area (Å²) in [6.07, 6.45) is 1.48. The fourth-order valence-electron chi connectivity index (χ4n) is 2.60. The first-order valence-electron chi connectivity index (χ1n) is 8.13. The maximum absolute atomic E-state index is 9.54. The van der Waals surface area contributed by atoms with Crippen molar-refractivity contribution < 1.29 is 14.3 Å². The summed E-state index contributed by atoms with van der Waals surface area (Å²) in [6.45, 7) is 4.47. The zero-order chi connectivity index (χ0) is 16.9. The molecule has 24 heavy (non-hydrogen) atoms. The molecule has 0 aliphatic heterocycles. The van der Waals surface area contributed by atoms with E-state index in [1.54, 1.807) is 18.2 Å². The minimum absolute atomic E-state index is 0.263. The third-order valence-electron chi connectivity index (χ3n) is 3.93. The van der Waals surface area contributed by atoms with Gasteiger partial charge in [-0.2, -0.15) is 0 Å². The van der Waals surface area contributed by atoms with Crippen molar-refractivity contribution in [1.82, 2.24) is 4.98 Å². The molecule has 0 saturated heterocycles. The maximum atomic E-state index is 9.54. The van der Waals surface area contributed by atoms with Crippen molar-refractivity contribution >= 4 is 0 Å². The highest BCUT2D eigenvalue weighted by Gasteiger charge is 2.11. The number of rotatable bonds is 6. The average Bonchev–Trinajstić information content (AvgIpc) is 2.98. The normalized spacial score (nSPS) is 10.8. The molecule has 0 unspecified atom stereocenters.